The van der Waals surface area contributed by atoms with Crippen LogP contribution in [0.25, 0.3) is 0 Å². The van der Waals surface area contributed by atoms with Gasteiger partial charge in [0.1, 0.15) is 5.38 Å². The van der Waals surface area contributed by atoms with Crippen LogP contribution in [0.3, 0.4) is 0 Å². The van der Waals surface area contributed by atoms with Gasteiger partial charge in [-0.1, -0.05) is 13.3 Å². The normalized spacial score (nSPS) is 20.7. The molecule has 0 bridgehead atoms. The van der Waals surface area contributed by atoms with Crippen molar-refractivity contribution in [1.82, 2.24) is 10.2 Å². The van der Waals surface area contributed by atoms with Gasteiger partial charge in [0.2, 0.25) is 5.91 Å². The summed E-state index contributed by atoms with van der Waals surface area (Å²) in [4.78, 5) is 13.9. The summed E-state index contributed by atoms with van der Waals surface area (Å²) in [6.45, 7) is 7.33. The van der Waals surface area contributed by atoms with E-state index in [2.05, 4.69) is 17.1 Å². The number of likely N-dealkylation sites (tertiary alicyclic amines) is 1. The standard InChI is InChI=1S/C12H23ClN2O/c1-3-4-7-15-8-5-11(6-9-15)14-12(16)10(2)13/h10-11H,3-9H2,1-2H3,(H,14,16). The number of nitrogens with one attached hydrogen (secondary N) is 1. The number of nitrogens with zero attached hydrogens (tertiary/aromatic N) is 1. The molecule has 16 heavy (non-hydrogen) atoms. The van der Waals surface area contributed by atoms with Crippen LogP contribution in [0.1, 0.15) is 39.5 Å². The van der Waals surface area contributed by atoms with Gasteiger partial charge >= 0.3 is 0 Å². The summed E-state index contributed by atoms with van der Waals surface area (Å²) in [7, 11) is 0. The minimum atomic E-state index is -0.418. The lowest BCUT2D eigenvalue weighted by Gasteiger charge is -2.32. The third-order valence-electron chi connectivity index (χ3n) is 3.12. The molecule has 1 amide bonds. The Balaban J connectivity index is 2.19. The topological polar surface area (TPSA) is 32.3 Å². The van der Waals surface area contributed by atoms with Crippen LogP contribution >= 0.6 is 11.6 Å². The van der Waals surface area contributed by atoms with Crippen LogP contribution in [0.5, 0.6) is 0 Å². The number of carbonyl (C=O) groups is 1. The SMILES string of the molecule is CCCCN1CCC(NC(=O)C(C)Cl)CC1. The van der Waals surface area contributed by atoms with Gasteiger partial charge in [-0.2, -0.15) is 0 Å². The fourth-order valence-corrected chi connectivity index (χ4v) is 2.06. The third kappa shape index (κ3) is 4.71. The Hall–Kier alpha value is -0.280. The third-order valence-corrected chi connectivity index (χ3v) is 3.32. The van der Waals surface area contributed by atoms with Gasteiger partial charge < -0.3 is 10.2 Å². The van der Waals surface area contributed by atoms with E-state index in [-0.39, 0.29) is 5.91 Å². The number of carbonyl (C=O) groups excluding carboxylic acids is 1. The first kappa shape index (κ1) is 13.8. The Bertz CT molecular complexity index is 213. The molecule has 1 unspecified atom stereocenters. The Morgan fingerprint density at radius 1 is 1.50 bits per heavy atom. The molecule has 0 aromatic carbocycles. The molecule has 94 valence electrons. The lowest BCUT2D eigenvalue weighted by Crippen LogP contribution is -2.46. The molecule has 3 nitrogen and oxygen atoms in total. The molecule has 0 radical (unpaired) electrons. The van der Waals surface area contributed by atoms with Crippen molar-refractivity contribution in [3.8, 4) is 0 Å². The predicted octanol–water partition coefficient (Wildman–Crippen LogP) is 1.99. The van der Waals surface area contributed by atoms with E-state index >= 15 is 0 Å². The van der Waals surface area contributed by atoms with Gasteiger partial charge in [-0.05, 0) is 32.7 Å². The Labute approximate surface area is 104 Å². The van der Waals surface area contributed by atoms with Crippen molar-refractivity contribution in [3.63, 3.8) is 0 Å². The second kappa shape index (κ2) is 7.13. The van der Waals surface area contributed by atoms with Gasteiger partial charge in [-0.3, -0.25) is 4.79 Å². The summed E-state index contributed by atoms with van der Waals surface area (Å²) in [5, 5.41) is 2.58. The summed E-state index contributed by atoms with van der Waals surface area (Å²) in [6, 6.07) is 0.326. The van der Waals surface area contributed by atoms with Gasteiger partial charge in [-0.15, -0.1) is 11.6 Å². The maximum atomic E-state index is 11.4. The predicted molar refractivity (Wildman–Crippen MR) is 67.8 cm³/mol. The van der Waals surface area contributed by atoms with Crippen molar-refractivity contribution >= 4 is 17.5 Å². The monoisotopic (exact) mass is 246 g/mol. The first-order valence-electron chi connectivity index (χ1n) is 6.30. The van der Waals surface area contributed by atoms with E-state index in [1.807, 2.05) is 0 Å². The highest BCUT2D eigenvalue weighted by atomic mass is 35.5. The minimum Gasteiger partial charge on any atom is -0.352 e. The summed E-state index contributed by atoms with van der Waals surface area (Å²) < 4.78 is 0. The lowest BCUT2D eigenvalue weighted by molar-refractivity contribution is -0.121. The van der Waals surface area contributed by atoms with E-state index < -0.39 is 5.38 Å². The summed E-state index contributed by atoms with van der Waals surface area (Å²) in [5.41, 5.74) is 0. The highest BCUT2D eigenvalue weighted by molar-refractivity contribution is 6.30. The Morgan fingerprint density at radius 3 is 2.62 bits per heavy atom. The summed E-state index contributed by atoms with van der Waals surface area (Å²) in [5.74, 6) is -0.0336. The zero-order valence-electron chi connectivity index (χ0n) is 10.3. The molecular formula is C12H23ClN2O. The molecule has 4 heteroatoms. The second-order valence-corrected chi connectivity index (χ2v) is 5.25. The summed E-state index contributed by atoms with van der Waals surface area (Å²) in [6.07, 6.45) is 4.63. The van der Waals surface area contributed by atoms with Crippen molar-refractivity contribution in [2.75, 3.05) is 19.6 Å². The minimum absolute atomic E-state index is 0.0336. The largest absolute Gasteiger partial charge is 0.352 e. The molecule has 1 aliphatic heterocycles. The highest BCUT2D eigenvalue weighted by Gasteiger charge is 2.21. The van der Waals surface area contributed by atoms with Crippen LogP contribution in [0.2, 0.25) is 0 Å². The molecular weight excluding hydrogens is 224 g/mol. The molecule has 0 aromatic rings. The van der Waals surface area contributed by atoms with Crippen LogP contribution in [-0.4, -0.2) is 41.9 Å². The highest BCUT2D eigenvalue weighted by Crippen LogP contribution is 2.11. The van der Waals surface area contributed by atoms with Crippen LogP contribution in [0, 0.1) is 0 Å². The number of hydrogen-bond acceptors (Lipinski definition) is 2. The number of amides is 1. The van der Waals surface area contributed by atoms with Gasteiger partial charge in [0, 0.05) is 19.1 Å². The van der Waals surface area contributed by atoms with E-state index in [4.69, 9.17) is 11.6 Å². The quantitative estimate of drug-likeness (QED) is 0.753. The van der Waals surface area contributed by atoms with E-state index in [9.17, 15) is 4.79 Å². The van der Waals surface area contributed by atoms with E-state index in [0.717, 1.165) is 25.9 Å². The van der Waals surface area contributed by atoms with Crippen molar-refractivity contribution in [3.05, 3.63) is 0 Å². The smallest absolute Gasteiger partial charge is 0.237 e. The average Bonchev–Trinajstić information content (AvgIpc) is 2.28. The zero-order chi connectivity index (χ0) is 12.0. The molecule has 0 saturated carbocycles. The van der Waals surface area contributed by atoms with Crippen molar-refractivity contribution in [1.29, 1.82) is 0 Å². The van der Waals surface area contributed by atoms with Crippen LogP contribution in [0.4, 0.5) is 0 Å². The molecule has 1 N–H and O–H groups in total. The summed E-state index contributed by atoms with van der Waals surface area (Å²) >= 11 is 5.72. The van der Waals surface area contributed by atoms with Gasteiger partial charge in [0.25, 0.3) is 0 Å². The number of piperidine rings is 1. The maximum Gasteiger partial charge on any atom is 0.237 e. The molecule has 1 fully saturated rings. The molecule has 1 heterocycles. The fourth-order valence-electron chi connectivity index (χ4n) is 2.00. The number of rotatable bonds is 5. The molecule has 0 aliphatic carbocycles. The average molecular weight is 247 g/mol. The van der Waals surface area contributed by atoms with Crippen molar-refractivity contribution in [2.45, 2.75) is 50.9 Å². The molecule has 0 aromatic heterocycles. The van der Waals surface area contributed by atoms with Crippen LogP contribution < -0.4 is 5.32 Å². The zero-order valence-corrected chi connectivity index (χ0v) is 11.1. The number of alkyl halides is 1. The first-order valence-corrected chi connectivity index (χ1v) is 6.74. The van der Waals surface area contributed by atoms with Crippen LogP contribution in [0.15, 0.2) is 0 Å². The van der Waals surface area contributed by atoms with E-state index in [1.165, 1.54) is 19.4 Å². The lowest BCUT2D eigenvalue weighted by atomic mass is 10.0. The van der Waals surface area contributed by atoms with Gasteiger partial charge in [-0.25, -0.2) is 0 Å². The molecule has 1 aliphatic rings. The number of halogens is 1. The first-order chi connectivity index (χ1) is 7.63. The Morgan fingerprint density at radius 2 is 2.12 bits per heavy atom. The second-order valence-electron chi connectivity index (χ2n) is 4.59. The maximum absolute atomic E-state index is 11.4. The molecule has 1 saturated heterocycles. The Kier molecular flexibility index (Phi) is 6.14. The van der Waals surface area contributed by atoms with E-state index in [0.29, 0.717) is 6.04 Å². The van der Waals surface area contributed by atoms with Gasteiger partial charge in [0.15, 0.2) is 0 Å². The molecule has 1 atom stereocenters. The fraction of sp³-hybridized carbons (Fsp3) is 0.917. The van der Waals surface area contributed by atoms with Crippen molar-refractivity contribution < 1.29 is 4.79 Å². The number of unbranched alkanes of at least 4 members (excludes halogenated alkanes) is 1. The van der Waals surface area contributed by atoms with Gasteiger partial charge in [0.05, 0.1) is 0 Å². The van der Waals surface area contributed by atoms with E-state index in [1.54, 1.807) is 6.92 Å². The molecule has 1 rings (SSSR count). The molecule has 0 spiro atoms. The van der Waals surface area contributed by atoms with Crippen LogP contribution in [-0.2, 0) is 4.79 Å². The number of hydrogen-bond donors (Lipinski definition) is 1. The van der Waals surface area contributed by atoms with Crippen molar-refractivity contribution in [2.24, 2.45) is 0 Å².